The van der Waals surface area contributed by atoms with Crippen LogP contribution in [0.2, 0.25) is 0 Å². The van der Waals surface area contributed by atoms with Gasteiger partial charge in [-0.15, -0.1) is 0 Å². The molecule has 0 heterocycles. The minimum atomic E-state index is 0.736. The topological polar surface area (TPSA) is 0 Å². The summed E-state index contributed by atoms with van der Waals surface area (Å²) in [5, 5.41) is 0. The van der Waals surface area contributed by atoms with Crippen LogP contribution in [0.15, 0.2) is 12.2 Å². The van der Waals surface area contributed by atoms with Crippen LogP contribution in [-0.2, 0) is 0 Å². The maximum Gasteiger partial charge on any atom is -0.0180 e. The summed E-state index contributed by atoms with van der Waals surface area (Å²) < 4.78 is 0. The van der Waals surface area contributed by atoms with Gasteiger partial charge in [-0.3, -0.25) is 0 Å². The summed E-state index contributed by atoms with van der Waals surface area (Å²) >= 11 is 0. The molecule has 0 N–H and O–H groups in total. The van der Waals surface area contributed by atoms with Gasteiger partial charge in [0.25, 0.3) is 0 Å². The van der Waals surface area contributed by atoms with Crippen LogP contribution in [0.3, 0.4) is 0 Å². The van der Waals surface area contributed by atoms with E-state index in [4.69, 9.17) is 0 Å². The zero-order chi connectivity index (χ0) is 10.4. The third-order valence-corrected chi connectivity index (χ3v) is 3.59. The van der Waals surface area contributed by atoms with Gasteiger partial charge in [0, 0.05) is 0 Å². The maximum atomic E-state index is 4.18. The average molecular weight is 182 g/mol. The normalized spacial score (nSPS) is 17.9. The molecule has 0 aromatic carbocycles. The second-order valence-corrected chi connectivity index (χ2v) is 4.27. The van der Waals surface area contributed by atoms with E-state index < -0.39 is 0 Å². The van der Waals surface area contributed by atoms with Crippen LogP contribution in [0.5, 0.6) is 0 Å². The standard InChI is InChI=1S/C13H26/c1-7-10(4)12(6)13(9-3)11(5)8-2/h10,12-13H,5,7-9H2,1-4,6H3. The summed E-state index contributed by atoms with van der Waals surface area (Å²) in [5.74, 6) is 2.36. The Hall–Kier alpha value is -0.260. The van der Waals surface area contributed by atoms with Crippen molar-refractivity contribution < 1.29 is 0 Å². The number of hydrogen-bond donors (Lipinski definition) is 0. The van der Waals surface area contributed by atoms with Gasteiger partial charge in [-0.1, -0.05) is 53.2 Å². The summed E-state index contributed by atoms with van der Waals surface area (Å²) in [6, 6.07) is 0. The third-order valence-electron chi connectivity index (χ3n) is 3.59. The van der Waals surface area contributed by atoms with Crippen molar-refractivity contribution in [3.8, 4) is 0 Å². The van der Waals surface area contributed by atoms with Gasteiger partial charge in [-0.05, 0) is 30.6 Å². The van der Waals surface area contributed by atoms with Gasteiger partial charge < -0.3 is 0 Å². The molecule has 0 spiro atoms. The van der Waals surface area contributed by atoms with E-state index >= 15 is 0 Å². The molecular weight excluding hydrogens is 156 g/mol. The molecule has 13 heavy (non-hydrogen) atoms. The van der Waals surface area contributed by atoms with Gasteiger partial charge in [0.15, 0.2) is 0 Å². The van der Waals surface area contributed by atoms with Gasteiger partial charge in [0.1, 0.15) is 0 Å². The van der Waals surface area contributed by atoms with E-state index in [1.54, 1.807) is 0 Å². The highest BCUT2D eigenvalue weighted by atomic mass is 14.3. The predicted molar refractivity (Wildman–Crippen MR) is 61.8 cm³/mol. The second-order valence-electron chi connectivity index (χ2n) is 4.27. The Morgan fingerprint density at radius 2 is 1.62 bits per heavy atom. The Balaban J connectivity index is 4.30. The van der Waals surface area contributed by atoms with Gasteiger partial charge in [0.05, 0.1) is 0 Å². The maximum absolute atomic E-state index is 4.18. The highest BCUT2D eigenvalue weighted by molar-refractivity contribution is 5.01. The lowest BCUT2D eigenvalue weighted by Crippen LogP contribution is -2.19. The molecule has 0 nitrogen and oxygen atoms in total. The minimum absolute atomic E-state index is 0.736. The monoisotopic (exact) mass is 182 g/mol. The van der Waals surface area contributed by atoms with Gasteiger partial charge >= 0.3 is 0 Å². The van der Waals surface area contributed by atoms with Crippen LogP contribution < -0.4 is 0 Å². The molecule has 0 aliphatic heterocycles. The van der Waals surface area contributed by atoms with Crippen molar-refractivity contribution in [2.24, 2.45) is 17.8 Å². The van der Waals surface area contributed by atoms with E-state index in [2.05, 4.69) is 41.2 Å². The van der Waals surface area contributed by atoms with Crippen molar-refractivity contribution in [1.82, 2.24) is 0 Å². The molecule has 0 aliphatic carbocycles. The summed E-state index contributed by atoms with van der Waals surface area (Å²) in [6.45, 7) is 15.7. The Bertz CT molecular complexity index is 146. The van der Waals surface area contributed by atoms with Crippen molar-refractivity contribution in [2.45, 2.75) is 53.9 Å². The first kappa shape index (κ1) is 12.7. The van der Waals surface area contributed by atoms with Crippen LogP contribution >= 0.6 is 0 Å². The summed E-state index contributed by atoms with van der Waals surface area (Å²) in [4.78, 5) is 0. The zero-order valence-electron chi connectivity index (χ0n) is 10.1. The SMILES string of the molecule is C=C(CC)C(CC)C(C)C(C)CC. The van der Waals surface area contributed by atoms with Crippen molar-refractivity contribution in [1.29, 1.82) is 0 Å². The molecular formula is C13H26. The Kier molecular flexibility index (Phi) is 6.11. The second kappa shape index (κ2) is 6.23. The van der Waals surface area contributed by atoms with Gasteiger partial charge in [0.2, 0.25) is 0 Å². The molecule has 3 atom stereocenters. The van der Waals surface area contributed by atoms with E-state index in [-0.39, 0.29) is 0 Å². The zero-order valence-corrected chi connectivity index (χ0v) is 10.1. The predicted octanol–water partition coefficient (Wildman–Crippen LogP) is 4.66. The summed E-state index contributed by atoms with van der Waals surface area (Å²) in [6.07, 6.45) is 3.67. The first-order chi connectivity index (χ1) is 6.08. The van der Waals surface area contributed by atoms with E-state index in [0.717, 1.165) is 24.2 Å². The first-order valence-electron chi connectivity index (χ1n) is 5.75. The fraction of sp³-hybridized carbons (Fsp3) is 0.846. The lowest BCUT2D eigenvalue weighted by molar-refractivity contribution is 0.277. The molecule has 0 saturated carbocycles. The molecule has 3 unspecified atom stereocenters. The van der Waals surface area contributed by atoms with Crippen molar-refractivity contribution >= 4 is 0 Å². The van der Waals surface area contributed by atoms with Crippen molar-refractivity contribution in [3.05, 3.63) is 12.2 Å². The molecule has 0 aromatic rings. The van der Waals surface area contributed by atoms with Crippen LogP contribution in [0, 0.1) is 17.8 Å². The molecule has 0 heteroatoms. The smallest absolute Gasteiger partial charge is 0.0180 e. The van der Waals surface area contributed by atoms with E-state index in [1.165, 1.54) is 18.4 Å². The molecule has 0 radical (unpaired) electrons. The molecule has 0 amide bonds. The number of allylic oxidation sites excluding steroid dienone is 1. The van der Waals surface area contributed by atoms with E-state index in [1.807, 2.05) is 0 Å². The Morgan fingerprint density at radius 1 is 1.08 bits per heavy atom. The lowest BCUT2D eigenvalue weighted by atomic mass is 9.77. The first-order valence-corrected chi connectivity index (χ1v) is 5.75. The van der Waals surface area contributed by atoms with Crippen LogP contribution in [-0.4, -0.2) is 0 Å². The van der Waals surface area contributed by atoms with Gasteiger partial charge in [-0.25, -0.2) is 0 Å². The molecule has 0 fully saturated rings. The van der Waals surface area contributed by atoms with Gasteiger partial charge in [-0.2, -0.15) is 0 Å². The van der Waals surface area contributed by atoms with Crippen LogP contribution in [0.1, 0.15) is 53.9 Å². The Morgan fingerprint density at radius 3 is 1.92 bits per heavy atom. The van der Waals surface area contributed by atoms with E-state index in [9.17, 15) is 0 Å². The molecule has 0 saturated heterocycles. The highest BCUT2D eigenvalue weighted by Gasteiger charge is 2.21. The van der Waals surface area contributed by atoms with Crippen molar-refractivity contribution in [2.75, 3.05) is 0 Å². The molecule has 0 aromatic heterocycles. The molecule has 0 aliphatic rings. The molecule has 0 rings (SSSR count). The van der Waals surface area contributed by atoms with Crippen LogP contribution in [0.4, 0.5) is 0 Å². The fourth-order valence-electron chi connectivity index (χ4n) is 2.06. The third kappa shape index (κ3) is 3.54. The molecule has 78 valence electrons. The highest BCUT2D eigenvalue weighted by Crippen LogP contribution is 2.31. The average Bonchev–Trinajstić information content (AvgIpc) is 2.17. The fourth-order valence-corrected chi connectivity index (χ4v) is 2.06. The number of hydrogen-bond acceptors (Lipinski definition) is 0. The van der Waals surface area contributed by atoms with Crippen LogP contribution in [0.25, 0.3) is 0 Å². The van der Waals surface area contributed by atoms with E-state index in [0.29, 0.717) is 0 Å². The quantitative estimate of drug-likeness (QED) is 0.524. The minimum Gasteiger partial charge on any atom is -0.0996 e. The lowest BCUT2D eigenvalue weighted by Gasteiger charge is -2.29. The Labute approximate surface area is 84.4 Å². The molecule has 0 bridgehead atoms. The summed E-state index contributed by atoms with van der Waals surface area (Å²) in [5.41, 5.74) is 1.44. The largest absolute Gasteiger partial charge is 0.0996 e. The number of rotatable bonds is 6. The summed E-state index contributed by atoms with van der Waals surface area (Å²) in [7, 11) is 0. The van der Waals surface area contributed by atoms with Crippen molar-refractivity contribution in [3.63, 3.8) is 0 Å².